The molecule has 1 aliphatic rings. The van der Waals surface area contributed by atoms with Gasteiger partial charge in [-0.2, -0.15) is 4.99 Å². The molecule has 6 heteroatoms. The first kappa shape index (κ1) is 13.0. The smallest absolute Gasteiger partial charge is 0.346 e. The second-order valence-corrected chi connectivity index (χ2v) is 4.94. The number of carbonyl (C=O) groups excluding carboxylic acids is 1. The molecule has 0 fully saturated rings. The molecule has 2 N–H and O–H groups in total. The highest BCUT2D eigenvalue weighted by atomic mass is 79.9. The summed E-state index contributed by atoms with van der Waals surface area (Å²) in [5.74, 6) is -0.161. The van der Waals surface area contributed by atoms with E-state index in [1.54, 1.807) is 17.0 Å². The number of rotatable bonds is 3. The quantitative estimate of drug-likeness (QED) is 0.932. The molecule has 0 radical (unpaired) electrons. The summed E-state index contributed by atoms with van der Waals surface area (Å²) in [4.78, 5) is 17.0. The van der Waals surface area contributed by atoms with E-state index in [0.29, 0.717) is 16.6 Å². The van der Waals surface area contributed by atoms with Gasteiger partial charge in [0.05, 0.1) is 4.47 Å². The summed E-state index contributed by atoms with van der Waals surface area (Å²) in [5.41, 5.74) is 6.40. The third kappa shape index (κ3) is 2.25. The molecule has 1 aromatic carbocycles. The minimum absolute atomic E-state index is 0.218. The van der Waals surface area contributed by atoms with Crippen molar-refractivity contribution in [3.05, 3.63) is 34.1 Å². The lowest BCUT2D eigenvalue weighted by Crippen LogP contribution is -2.33. The van der Waals surface area contributed by atoms with Crippen molar-refractivity contribution in [3.8, 4) is 0 Å². The molecule has 1 aromatic rings. The predicted octanol–water partition coefficient (Wildman–Crippen LogP) is 2.83. The van der Waals surface area contributed by atoms with Gasteiger partial charge in [0.25, 0.3) is 0 Å². The molecular formula is C12H13BrFN3O. The summed E-state index contributed by atoms with van der Waals surface area (Å²) in [6.07, 6.45) is 0.796. The molecule has 0 bridgehead atoms. The van der Waals surface area contributed by atoms with E-state index in [1.807, 2.05) is 6.92 Å². The van der Waals surface area contributed by atoms with Gasteiger partial charge in [0.1, 0.15) is 17.7 Å². The Morgan fingerprint density at radius 3 is 2.89 bits per heavy atom. The van der Waals surface area contributed by atoms with Gasteiger partial charge in [-0.15, -0.1) is 0 Å². The number of amidine groups is 1. The standard InChI is InChI=1S/C12H13BrFN3O/c1-2-5-17-10(11(15)16-12(17)18)7-3-4-8(13)9(14)6-7/h3-4,6,10H,2,5H2,1H3,(H2,15,16,18). The number of hydrogen-bond acceptors (Lipinski definition) is 2. The van der Waals surface area contributed by atoms with Crippen molar-refractivity contribution in [3.63, 3.8) is 0 Å². The molecule has 0 aliphatic carbocycles. The van der Waals surface area contributed by atoms with Crippen LogP contribution in [0.4, 0.5) is 9.18 Å². The molecule has 0 saturated heterocycles. The first-order valence-corrected chi connectivity index (χ1v) is 6.43. The number of nitrogens with zero attached hydrogens (tertiary/aromatic N) is 2. The second kappa shape index (κ2) is 5.06. The van der Waals surface area contributed by atoms with Crippen molar-refractivity contribution >= 4 is 27.8 Å². The van der Waals surface area contributed by atoms with Crippen LogP contribution in [0.2, 0.25) is 0 Å². The van der Waals surface area contributed by atoms with Crippen LogP contribution in [0, 0.1) is 5.82 Å². The van der Waals surface area contributed by atoms with Gasteiger partial charge < -0.3 is 10.6 Å². The second-order valence-electron chi connectivity index (χ2n) is 4.09. The van der Waals surface area contributed by atoms with Crippen LogP contribution in [-0.2, 0) is 0 Å². The number of hydrogen-bond donors (Lipinski definition) is 1. The van der Waals surface area contributed by atoms with Crippen LogP contribution in [0.1, 0.15) is 24.9 Å². The Morgan fingerprint density at radius 2 is 2.28 bits per heavy atom. The Bertz CT molecular complexity index is 518. The van der Waals surface area contributed by atoms with Crippen LogP contribution in [-0.4, -0.2) is 23.3 Å². The van der Waals surface area contributed by atoms with Crippen LogP contribution >= 0.6 is 15.9 Å². The molecule has 1 atom stereocenters. The third-order valence-corrected chi connectivity index (χ3v) is 3.43. The van der Waals surface area contributed by atoms with E-state index >= 15 is 0 Å². The summed E-state index contributed by atoms with van der Waals surface area (Å²) < 4.78 is 13.9. The predicted molar refractivity (Wildman–Crippen MR) is 70.9 cm³/mol. The fourth-order valence-corrected chi connectivity index (χ4v) is 2.25. The van der Waals surface area contributed by atoms with Gasteiger partial charge >= 0.3 is 6.03 Å². The van der Waals surface area contributed by atoms with Gasteiger partial charge in [-0.25, -0.2) is 9.18 Å². The average molecular weight is 314 g/mol. The topological polar surface area (TPSA) is 58.7 Å². The van der Waals surface area contributed by atoms with E-state index in [-0.39, 0.29) is 17.7 Å². The molecule has 0 aromatic heterocycles. The molecule has 1 aliphatic heterocycles. The molecule has 1 unspecified atom stereocenters. The van der Waals surface area contributed by atoms with Crippen molar-refractivity contribution < 1.29 is 9.18 Å². The lowest BCUT2D eigenvalue weighted by atomic mass is 10.1. The zero-order valence-electron chi connectivity index (χ0n) is 9.86. The molecule has 96 valence electrons. The highest BCUT2D eigenvalue weighted by molar-refractivity contribution is 9.10. The molecule has 18 heavy (non-hydrogen) atoms. The SMILES string of the molecule is CCCN1C(=O)N=C(N)C1c1ccc(Br)c(F)c1. The number of carbonyl (C=O) groups is 1. The van der Waals surface area contributed by atoms with Crippen LogP contribution in [0.15, 0.2) is 27.7 Å². The monoisotopic (exact) mass is 313 g/mol. The molecular weight excluding hydrogens is 301 g/mol. The van der Waals surface area contributed by atoms with E-state index < -0.39 is 6.04 Å². The van der Waals surface area contributed by atoms with E-state index in [0.717, 1.165) is 6.42 Å². The summed E-state index contributed by atoms with van der Waals surface area (Å²) in [6.45, 7) is 2.51. The van der Waals surface area contributed by atoms with Crippen LogP contribution in [0.5, 0.6) is 0 Å². The fraction of sp³-hybridized carbons (Fsp3) is 0.333. The molecule has 2 rings (SSSR count). The van der Waals surface area contributed by atoms with E-state index in [1.165, 1.54) is 6.07 Å². The van der Waals surface area contributed by atoms with Gasteiger partial charge in [0.2, 0.25) is 0 Å². The summed E-state index contributed by atoms with van der Waals surface area (Å²) >= 11 is 3.09. The Morgan fingerprint density at radius 1 is 1.56 bits per heavy atom. The number of aliphatic imine (C=N–C) groups is 1. The Labute approximate surface area is 113 Å². The van der Waals surface area contributed by atoms with Crippen molar-refractivity contribution in [1.29, 1.82) is 0 Å². The minimum atomic E-state index is -0.458. The van der Waals surface area contributed by atoms with Gasteiger partial charge in [-0.1, -0.05) is 13.0 Å². The molecule has 4 nitrogen and oxygen atoms in total. The van der Waals surface area contributed by atoms with Crippen LogP contribution in [0.3, 0.4) is 0 Å². The summed E-state index contributed by atoms with van der Waals surface area (Å²) in [7, 11) is 0. The lowest BCUT2D eigenvalue weighted by Gasteiger charge is -2.24. The maximum absolute atomic E-state index is 13.5. The van der Waals surface area contributed by atoms with Gasteiger partial charge in [-0.05, 0) is 40.0 Å². The lowest BCUT2D eigenvalue weighted by molar-refractivity contribution is 0.206. The fourth-order valence-electron chi connectivity index (χ4n) is 2.00. The highest BCUT2D eigenvalue weighted by Crippen LogP contribution is 2.29. The van der Waals surface area contributed by atoms with E-state index in [9.17, 15) is 9.18 Å². The first-order chi connectivity index (χ1) is 8.54. The van der Waals surface area contributed by atoms with Crippen molar-refractivity contribution in [1.82, 2.24) is 4.90 Å². The van der Waals surface area contributed by atoms with Crippen LogP contribution < -0.4 is 5.73 Å². The number of benzene rings is 1. The number of halogens is 2. The van der Waals surface area contributed by atoms with Crippen molar-refractivity contribution in [2.75, 3.05) is 6.54 Å². The summed E-state index contributed by atoms with van der Waals surface area (Å²) in [6, 6.07) is 3.90. The third-order valence-electron chi connectivity index (χ3n) is 2.79. The number of amides is 2. The van der Waals surface area contributed by atoms with Gasteiger partial charge in [0.15, 0.2) is 0 Å². The maximum atomic E-state index is 13.5. The molecule has 2 amide bonds. The largest absolute Gasteiger partial charge is 0.385 e. The Hall–Kier alpha value is -1.43. The van der Waals surface area contributed by atoms with E-state index in [2.05, 4.69) is 20.9 Å². The maximum Gasteiger partial charge on any atom is 0.346 e. The molecule has 0 spiro atoms. The Kier molecular flexibility index (Phi) is 3.65. The number of urea groups is 1. The van der Waals surface area contributed by atoms with Crippen LogP contribution in [0.25, 0.3) is 0 Å². The van der Waals surface area contributed by atoms with Gasteiger partial charge in [-0.3, -0.25) is 0 Å². The van der Waals surface area contributed by atoms with E-state index in [4.69, 9.17) is 5.73 Å². The zero-order valence-corrected chi connectivity index (χ0v) is 11.4. The normalized spacial score (nSPS) is 19.3. The zero-order chi connectivity index (χ0) is 13.3. The minimum Gasteiger partial charge on any atom is -0.385 e. The number of nitrogens with two attached hydrogens (primary N) is 1. The van der Waals surface area contributed by atoms with Crippen molar-refractivity contribution in [2.24, 2.45) is 10.7 Å². The van der Waals surface area contributed by atoms with Gasteiger partial charge in [0, 0.05) is 6.54 Å². The summed E-state index contributed by atoms with van der Waals surface area (Å²) in [5, 5.41) is 0. The highest BCUT2D eigenvalue weighted by Gasteiger charge is 2.34. The molecule has 1 heterocycles. The first-order valence-electron chi connectivity index (χ1n) is 5.64. The molecule has 0 saturated carbocycles. The van der Waals surface area contributed by atoms with Crippen molar-refractivity contribution in [2.45, 2.75) is 19.4 Å². The average Bonchev–Trinajstić information content (AvgIpc) is 2.59. The Balaban J connectivity index is 2.37.